The first-order chi connectivity index (χ1) is 61.1. The van der Waals surface area contributed by atoms with E-state index in [1.807, 2.05) is 20.9 Å². The zero-order valence-electron chi connectivity index (χ0n) is 70.9. The maximum absolute atomic E-state index is 14.0. The summed E-state index contributed by atoms with van der Waals surface area (Å²) in [5.41, 5.74) is 1.11. The molecule has 698 valence electrons. The van der Waals surface area contributed by atoms with Gasteiger partial charge in [-0.15, -0.1) is 0 Å². The summed E-state index contributed by atoms with van der Waals surface area (Å²) in [6.45, 7) is 15.0. The number of alkyl halides is 12. The third-order valence-corrected chi connectivity index (χ3v) is 26.0. The normalized spacial score (nSPS) is 18.5. The summed E-state index contributed by atoms with van der Waals surface area (Å²) in [5.74, 6) is -16.5. The zero-order chi connectivity index (χ0) is 92.8. The van der Waals surface area contributed by atoms with Crippen molar-refractivity contribution in [3.05, 3.63) is 207 Å². The number of benzene rings is 4. The van der Waals surface area contributed by atoms with Gasteiger partial charge < -0.3 is 29.4 Å². The lowest BCUT2D eigenvalue weighted by atomic mass is 9.85. The van der Waals surface area contributed by atoms with E-state index in [0.717, 1.165) is 140 Å². The molecule has 5 amide bonds. The summed E-state index contributed by atoms with van der Waals surface area (Å²) < 4.78 is 270. The minimum Gasteiger partial charge on any atom is -0.337 e. The molecule has 9 aliphatic rings. The Morgan fingerprint density at radius 3 is 0.915 bits per heavy atom. The minimum atomic E-state index is -5.02. The van der Waals surface area contributed by atoms with Crippen molar-refractivity contribution in [2.45, 2.75) is 192 Å². The molecule has 0 radical (unpaired) electrons. The molecule has 0 unspecified atom stereocenters. The smallest absolute Gasteiger partial charge is 0.337 e. The van der Waals surface area contributed by atoms with Crippen molar-refractivity contribution in [2.24, 2.45) is 11.8 Å². The third kappa shape index (κ3) is 20.7. The van der Waals surface area contributed by atoms with Crippen LogP contribution in [0.2, 0.25) is 0 Å². The Balaban J connectivity index is 0.000000139. The molecule has 41 heteroatoms. The van der Waals surface area contributed by atoms with Crippen LogP contribution >= 0.6 is 0 Å². The van der Waals surface area contributed by atoms with Crippen LogP contribution in [0, 0.1) is 58.4 Å². The summed E-state index contributed by atoms with van der Waals surface area (Å²) in [7, 11) is 1.98. The number of nitrogens with zero attached hydrogens (tertiary/aromatic N) is 12. The molecule has 0 atom stereocenters. The molecule has 4 saturated heterocycles. The number of aromatic nitrogens is 8. The number of carbonyl (C=O) groups excluding carboxylic acids is 5. The van der Waals surface area contributed by atoms with Crippen molar-refractivity contribution in [3.8, 4) is 0 Å². The number of hydrogen-bond donors (Lipinski definition) is 4. The van der Waals surface area contributed by atoms with Gasteiger partial charge in [-0.1, -0.05) is 45.0 Å². The van der Waals surface area contributed by atoms with Gasteiger partial charge in [-0.2, -0.15) is 73.1 Å². The average molecular weight is 1840 g/mol. The molecule has 8 aliphatic heterocycles. The molecule has 4 aromatic heterocycles. The van der Waals surface area contributed by atoms with Crippen molar-refractivity contribution in [3.63, 3.8) is 0 Å². The zero-order valence-corrected chi connectivity index (χ0v) is 70.9. The molecule has 4 N–H and O–H groups in total. The van der Waals surface area contributed by atoms with Crippen molar-refractivity contribution in [1.29, 1.82) is 0 Å². The topological polar surface area (TPSA) is 226 Å². The molecule has 21 nitrogen and oxygen atoms in total. The summed E-state index contributed by atoms with van der Waals surface area (Å²) >= 11 is 0. The van der Waals surface area contributed by atoms with Crippen LogP contribution < -0.4 is 0 Å². The number of amides is 5. The maximum atomic E-state index is 14.0. The Labute approximate surface area is 728 Å². The van der Waals surface area contributed by atoms with Crippen LogP contribution in [-0.2, 0) is 81.4 Å². The second-order valence-electron chi connectivity index (χ2n) is 34.8. The standard InChI is InChI=1S/C23H25F5N4O2.C23H25F5N4O.C22H25F5N4O.C20H21F5N4O/c1-12(2)21(33)32-10-7-15-17(11-32)29-30-20(15)22(34)31-8-5-13(6-9-31)14-3-4-16(24)19(25)18(14)23(26,27)28;24-17-4-3-15(19(20(17)25)23(26,27)28)14-5-9-32(10-6-14)22(33)21-16-7-8-31(11-13-1-2-13)12-18(16)29-30-21;1-2-8-30-9-7-15-17(12-30)28-29-20(15)21(32)31-10-5-13(6-11-31)14-3-4-16(23)19(24)18(14)22(25,26)27;1-28-7-6-13-15(10-28)26-27-18(13)19(30)29-8-4-11(5-9-29)12-2-3-14(21)17(22)16(12)20(23,24)25/h3-4,12-13H,5-11H2,1-2H3,(H,29,30);3-4,13-14H,1-2,5-12H2,(H,29,30);3-4,13H,2,5-12H2,1H3,(H,28,29);2-3,11H,4-10H2,1H3,(H,26,27). The van der Waals surface area contributed by atoms with Crippen LogP contribution in [0.25, 0.3) is 0 Å². The number of H-pyrrole nitrogens is 4. The molecule has 8 aromatic rings. The van der Waals surface area contributed by atoms with Crippen LogP contribution in [0.15, 0.2) is 48.5 Å². The highest BCUT2D eigenvalue weighted by Crippen LogP contribution is 2.47. The first kappa shape index (κ1) is 94.7. The molecule has 5 fully saturated rings. The number of rotatable bonds is 13. The fourth-order valence-corrected chi connectivity index (χ4v) is 19.1. The lowest BCUT2D eigenvalue weighted by Gasteiger charge is -2.33. The lowest BCUT2D eigenvalue weighted by molar-refractivity contribution is -0.142. The van der Waals surface area contributed by atoms with E-state index in [-0.39, 0.29) is 167 Å². The molecular weight excluding hydrogens is 1740 g/mol. The number of aromatic amines is 4. The van der Waals surface area contributed by atoms with Gasteiger partial charge in [0.05, 0.1) is 51.6 Å². The number of halogens is 20. The molecule has 12 heterocycles. The van der Waals surface area contributed by atoms with Gasteiger partial charge >= 0.3 is 24.7 Å². The van der Waals surface area contributed by atoms with Crippen LogP contribution in [0.4, 0.5) is 87.8 Å². The first-order valence-corrected chi connectivity index (χ1v) is 43.1. The fourth-order valence-electron chi connectivity index (χ4n) is 19.1. The van der Waals surface area contributed by atoms with Crippen LogP contribution in [0.3, 0.4) is 0 Å². The van der Waals surface area contributed by atoms with Crippen molar-refractivity contribution >= 4 is 29.5 Å². The molecule has 0 spiro atoms. The van der Waals surface area contributed by atoms with Crippen LogP contribution in [-0.4, -0.2) is 208 Å². The molecule has 1 saturated carbocycles. The van der Waals surface area contributed by atoms with Crippen molar-refractivity contribution in [2.75, 3.05) is 98.7 Å². The summed E-state index contributed by atoms with van der Waals surface area (Å²) in [6.07, 6.45) is -12.0. The first-order valence-electron chi connectivity index (χ1n) is 43.1. The van der Waals surface area contributed by atoms with E-state index in [1.165, 1.54) is 17.7 Å². The molecule has 1 aliphatic carbocycles. The summed E-state index contributed by atoms with van der Waals surface area (Å²) in [5, 5.41) is 28.5. The molecule has 17 rings (SSSR count). The molecular formula is C88H96F20N16O5. The van der Waals surface area contributed by atoms with Gasteiger partial charge in [0.25, 0.3) is 23.6 Å². The quantitative estimate of drug-likeness (QED) is 0.0791. The average Bonchev–Trinajstić information content (AvgIpc) is 1.79. The van der Waals surface area contributed by atoms with Crippen molar-refractivity contribution in [1.82, 2.24) is 80.0 Å². The van der Waals surface area contributed by atoms with Gasteiger partial charge in [-0.3, -0.25) is 54.2 Å². The highest BCUT2D eigenvalue weighted by atomic mass is 19.4. The Morgan fingerprint density at radius 2 is 0.628 bits per heavy atom. The van der Waals surface area contributed by atoms with Crippen molar-refractivity contribution < 1.29 is 112 Å². The van der Waals surface area contributed by atoms with Crippen LogP contribution in [0.1, 0.15) is 247 Å². The molecule has 0 bridgehead atoms. The Hall–Kier alpha value is -10.5. The fraction of sp³-hybridized carbons (Fsp3) is 0.534. The predicted octanol–water partition coefficient (Wildman–Crippen LogP) is 17.0. The Morgan fingerprint density at radius 1 is 0.357 bits per heavy atom. The number of piperidine rings is 4. The maximum Gasteiger partial charge on any atom is 0.419 e. The highest BCUT2D eigenvalue weighted by Gasteiger charge is 2.47. The van der Waals surface area contributed by atoms with E-state index < -0.39 is 117 Å². The van der Waals surface area contributed by atoms with E-state index >= 15 is 0 Å². The number of carbonyl (C=O) groups is 5. The number of nitrogens with one attached hydrogen (secondary N) is 4. The second-order valence-corrected chi connectivity index (χ2v) is 34.8. The second kappa shape index (κ2) is 38.5. The summed E-state index contributed by atoms with van der Waals surface area (Å²) in [4.78, 5) is 79.2. The Kier molecular flexibility index (Phi) is 28.3. The van der Waals surface area contributed by atoms with Gasteiger partial charge in [-0.25, -0.2) is 35.1 Å². The number of likely N-dealkylation sites (N-methyl/N-ethyl adjacent to an activating group) is 1. The summed E-state index contributed by atoms with van der Waals surface area (Å²) in [6, 6.07) is 6.92. The van der Waals surface area contributed by atoms with Gasteiger partial charge in [0, 0.05) is 133 Å². The van der Waals surface area contributed by atoms with E-state index in [0.29, 0.717) is 74.3 Å². The third-order valence-electron chi connectivity index (χ3n) is 26.0. The number of fused-ring (bicyclic) bond motifs is 4. The highest BCUT2D eigenvalue weighted by molar-refractivity contribution is 5.96. The lowest BCUT2D eigenvalue weighted by Crippen LogP contribution is -2.40. The van der Waals surface area contributed by atoms with Gasteiger partial charge in [-0.05, 0) is 186 Å². The van der Waals surface area contributed by atoms with Gasteiger partial charge in [0.15, 0.2) is 69.3 Å². The SMILES string of the molecule is CC(C)C(=O)N1CCc2c(C(=O)N3CCC(c4ccc(F)c(F)c4C(F)(F)F)CC3)n[nH]c2C1.CCCN1CCc2c(C(=O)N3CCC(c4ccc(F)c(F)c4C(F)(F)F)CC3)n[nH]c2C1.CN1CCc2c(C(=O)N3CCC(c4ccc(F)c(F)c4C(F)(F)F)CC3)n[nH]c2C1.O=C(c1n[nH]c2c1CCN(CC1CC1)C2)N1CCC(c2ccc(F)c(F)c2C(F)(F)F)CC1. The Bertz CT molecular complexity index is 5430. The molecule has 129 heavy (non-hydrogen) atoms. The van der Waals surface area contributed by atoms with Gasteiger partial charge in [0.2, 0.25) is 5.91 Å². The van der Waals surface area contributed by atoms with Gasteiger partial charge in [0.1, 0.15) is 0 Å². The molecule has 4 aromatic carbocycles. The minimum absolute atomic E-state index is 0.0191. The number of hydrogen-bond acceptors (Lipinski definition) is 12. The predicted molar refractivity (Wildman–Crippen MR) is 426 cm³/mol. The monoisotopic (exact) mass is 1840 g/mol. The number of likely N-dealkylation sites (tertiary alicyclic amines) is 4. The van der Waals surface area contributed by atoms with E-state index in [4.69, 9.17) is 0 Å². The van der Waals surface area contributed by atoms with E-state index in [9.17, 15) is 112 Å². The van der Waals surface area contributed by atoms with Crippen LogP contribution in [0.5, 0.6) is 0 Å². The largest absolute Gasteiger partial charge is 0.419 e. The van der Waals surface area contributed by atoms with E-state index in [1.54, 1.807) is 19.6 Å². The van der Waals surface area contributed by atoms with E-state index in [2.05, 4.69) is 62.4 Å².